The summed E-state index contributed by atoms with van der Waals surface area (Å²) in [5, 5.41) is 0. The van der Waals surface area contributed by atoms with Crippen LogP contribution in [0.2, 0.25) is 0 Å². The number of quaternary nitrogens is 1. The van der Waals surface area contributed by atoms with Crippen LogP contribution in [-0.4, -0.2) is 56.7 Å². The van der Waals surface area contributed by atoms with E-state index in [-0.39, 0.29) is 0 Å². The van der Waals surface area contributed by atoms with E-state index in [1.54, 1.807) is 0 Å². The average molecular weight is 370 g/mol. The number of hydrogen-bond donors (Lipinski definition) is 0. The average Bonchev–Trinajstić information content (AvgIpc) is 2.54. The van der Waals surface area contributed by atoms with Crippen LogP contribution in [0.1, 0.15) is 104 Å². The smallest absolute Gasteiger partial charge is 0.0780 e. The Labute approximate surface area is 167 Å². The molecule has 0 fully saturated rings. The van der Waals surface area contributed by atoms with Crippen LogP contribution in [0.5, 0.6) is 0 Å². The SMILES string of the molecule is CCCCCCCCCCCCN(CCCCC[N+](C)(C)C)CC(C)C. The first-order chi connectivity index (χ1) is 12.3. The van der Waals surface area contributed by atoms with Gasteiger partial charge in [0.05, 0.1) is 27.7 Å². The summed E-state index contributed by atoms with van der Waals surface area (Å²) in [6.07, 6.45) is 18.5. The second-order valence-electron chi connectivity index (χ2n) is 9.95. The number of hydrogen-bond acceptors (Lipinski definition) is 1. The molecule has 0 aliphatic carbocycles. The highest BCUT2D eigenvalue weighted by molar-refractivity contribution is 4.61. The third kappa shape index (κ3) is 20.2. The van der Waals surface area contributed by atoms with Gasteiger partial charge >= 0.3 is 0 Å². The summed E-state index contributed by atoms with van der Waals surface area (Å²) in [4.78, 5) is 2.74. The summed E-state index contributed by atoms with van der Waals surface area (Å²) in [6.45, 7) is 12.3. The van der Waals surface area contributed by atoms with Crippen molar-refractivity contribution >= 4 is 0 Å². The van der Waals surface area contributed by atoms with Gasteiger partial charge in [-0.25, -0.2) is 0 Å². The lowest BCUT2D eigenvalue weighted by molar-refractivity contribution is -0.870. The maximum Gasteiger partial charge on any atom is 0.0780 e. The Bertz CT molecular complexity index is 280. The van der Waals surface area contributed by atoms with Crippen molar-refractivity contribution in [2.75, 3.05) is 47.3 Å². The second kappa shape index (κ2) is 17.0. The summed E-state index contributed by atoms with van der Waals surface area (Å²) >= 11 is 0. The van der Waals surface area contributed by atoms with Crippen LogP contribution in [0.4, 0.5) is 0 Å². The summed E-state index contributed by atoms with van der Waals surface area (Å²) in [5.41, 5.74) is 0. The van der Waals surface area contributed by atoms with Crippen molar-refractivity contribution in [3.05, 3.63) is 0 Å². The zero-order chi connectivity index (χ0) is 19.7. The van der Waals surface area contributed by atoms with Crippen molar-refractivity contribution in [1.82, 2.24) is 4.90 Å². The third-order valence-electron chi connectivity index (χ3n) is 5.25. The van der Waals surface area contributed by atoms with Gasteiger partial charge in [-0.05, 0) is 44.7 Å². The van der Waals surface area contributed by atoms with Gasteiger partial charge in [0.2, 0.25) is 0 Å². The largest absolute Gasteiger partial charge is 0.331 e. The molecule has 0 rings (SSSR count). The van der Waals surface area contributed by atoms with E-state index >= 15 is 0 Å². The van der Waals surface area contributed by atoms with E-state index < -0.39 is 0 Å². The van der Waals surface area contributed by atoms with Crippen molar-refractivity contribution in [3.8, 4) is 0 Å². The van der Waals surface area contributed by atoms with Crippen molar-refractivity contribution in [3.63, 3.8) is 0 Å². The summed E-state index contributed by atoms with van der Waals surface area (Å²) < 4.78 is 1.11. The molecule has 0 saturated carbocycles. The predicted octanol–water partition coefficient (Wildman–Crippen LogP) is 6.74. The molecule has 0 N–H and O–H groups in total. The van der Waals surface area contributed by atoms with E-state index in [2.05, 4.69) is 46.8 Å². The topological polar surface area (TPSA) is 3.24 Å². The molecule has 0 aromatic heterocycles. The van der Waals surface area contributed by atoms with E-state index in [1.165, 1.54) is 110 Å². The zero-order valence-electron chi connectivity index (χ0n) is 19.5. The molecule has 0 saturated heterocycles. The molecule has 0 amide bonds. The Balaban J connectivity index is 3.65. The van der Waals surface area contributed by atoms with Crippen molar-refractivity contribution in [2.24, 2.45) is 5.92 Å². The molecule has 0 aliphatic rings. The minimum absolute atomic E-state index is 0.796. The minimum atomic E-state index is 0.796. The Morgan fingerprint density at radius 2 is 1.04 bits per heavy atom. The minimum Gasteiger partial charge on any atom is -0.331 e. The van der Waals surface area contributed by atoms with Gasteiger partial charge in [-0.1, -0.05) is 78.6 Å². The quantitative estimate of drug-likeness (QED) is 0.180. The van der Waals surface area contributed by atoms with E-state index in [9.17, 15) is 0 Å². The number of unbranched alkanes of at least 4 members (excludes halogenated alkanes) is 11. The molecule has 0 heterocycles. The molecule has 0 aromatic rings. The zero-order valence-corrected chi connectivity index (χ0v) is 19.5. The molecule has 0 radical (unpaired) electrons. The summed E-state index contributed by atoms with van der Waals surface area (Å²) in [6, 6.07) is 0. The Morgan fingerprint density at radius 3 is 1.46 bits per heavy atom. The molecule has 0 aliphatic heterocycles. The van der Waals surface area contributed by atoms with Gasteiger partial charge in [0.15, 0.2) is 0 Å². The summed E-state index contributed by atoms with van der Waals surface area (Å²) in [5.74, 6) is 0.796. The first-order valence-corrected chi connectivity index (χ1v) is 11.9. The van der Waals surface area contributed by atoms with Crippen LogP contribution < -0.4 is 0 Å². The number of nitrogens with zero attached hydrogens (tertiary/aromatic N) is 2. The molecule has 26 heavy (non-hydrogen) atoms. The lowest BCUT2D eigenvalue weighted by Crippen LogP contribution is -2.35. The highest BCUT2D eigenvalue weighted by Gasteiger charge is 2.09. The predicted molar refractivity (Wildman–Crippen MR) is 120 cm³/mol. The third-order valence-corrected chi connectivity index (χ3v) is 5.25. The molecule has 2 nitrogen and oxygen atoms in total. The molecule has 0 spiro atoms. The molecule has 158 valence electrons. The highest BCUT2D eigenvalue weighted by Crippen LogP contribution is 2.12. The highest BCUT2D eigenvalue weighted by atomic mass is 15.3. The lowest BCUT2D eigenvalue weighted by atomic mass is 10.1. The fourth-order valence-corrected chi connectivity index (χ4v) is 3.73. The normalized spacial score (nSPS) is 12.5. The molecular formula is C24H53N2+. The van der Waals surface area contributed by atoms with E-state index in [0.717, 1.165) is 10.4 Å². The van der Waals surface area contributed by atoms with Gasteiger partial charge in [-0.2, -0.15) is 0 Å². The molecular weight excluding hydrogens is 316 g/mol. The molecule has 0 bridgehead atoms. The van der Waals surface area contributed by atoms with Gasteiger partial charge in [-0.3, -0.25) is 0 Å². The second-order valence-corrected chi connectivity index (χ2v) is 9.95. The molecule has 0 aromatic carbocycles. The van der Waals surface area contributed by atoms with Gasteiger partial charge in [-0.15, -0.1) is 0 Å². The fraction of sp³-hybridized carbons (Fsp3) is 1.00. The van der Waals surface area contributed by atoms with Gasteiger partial charge in [0.1, 0.15) is 0 Å². The van der Waals surface area contributed by atoms with Crippen molar-refractivity contribution in [2.45, 2.75) is 104 Å². The number of rotatable bonds is 19. The van der Waals surface area contributed by atoms with Crippen LogP contribution in [0, 0.1) is 5.92 Å². The Hall–Kier alpha value is -0.0800. The molecule has 0 atom stereocenters. The van der Waals surface area contributed by atoms with Crippen LogP contribution in [0.3, 0.4) is 0 Å². The summed E-state index contributed by atoms with van der Waals surface area (Å²) in [7, 11) is 6.91. The van der Waals surface area contributed by atoms with E-state index in [1.807, 2.05) is 0 Å². The van der Waals surface area contributed by atoms with Crippen LogP contribution >= 0.6 is 0 Å². The Kier molecular flexibility index (Phi) is 17.0. The monoisotopic (exact) mass is 369 g/mol. The van der Waals surface area contributed by atoms with Gasteiger partial charge < -0.3 is 9.38 Å². The van der Waals surface area contributed by atoms with E-state index in [0.29, 0.717) is 0 Å². The fourth-order valence-electron chi connectivity index (χ4n) is 3.73. The standard InChI is InChI=1S/C24H53N2/c1-7-8-9-10-11-12-13-14-15-17-20-25(23-24(2)3)21-18-16-19-22-26(4,5)6/h24H,7-23H2,1-6H3/q+1. The first kappa shape index (κ1) is 25.9. The van der Waals surface area contributed by atoms with Crippen LogP contribution in [-0.2, 0) is 0 Å². The van der Waals surface area contributed by atoms with Crippen molar-refractivity contribution in [1.29, 1.82) is 0 Å². The first-order valence-electron chi connectivity index (χ1n) is 11.9. The maximum atomic E-state index is 2.74. The van der Waals surface area contributed by atoms with E-state index in [4.69, 9.17) is 0 Å². The lowest BCUT2D eigenvalue weighted by Gasteiger charge is -2.25. The molecule has 0 unspecified atom stereocenters. The Morgan fingerprint density at radius 1 is 0.615 bits per heavy atom. The van der Waals surface area contributed by atoms with Gasteiger partial charge in [0, 0.05) is 6.54 Å². The van der Waals surface area contributed by atoms with Crippen LogP contribution in [0.15, 0.2) is 0 Å². The maximum absolute atomic E-state index is 2.74. The van der Waals surface area contributed by atoms with Crippen molar-refractivity contribution < 1.29 is 4.48 Å². The molecule has 2 heteroatoms. The van der Waals surface area contributed by atoms with Crippen LogP contribution in [0.25, 0.3) is 0 Å². The van der Waals surface area contributed by atoms with Gasteiger partial charge in [0.25, 0.3) is 0 Å².